The van der Waals surface area contributed by atoms with Crippen LogP contribution in [0.3, 0.4) is 0 Å². The molecular formula is C18H29N3OS. The number of nitrogens with zero attached hydrogens (tertiary/aromatic N) is 1. The van der Waals surface area contributed by atoms with Crippen molar-refractivity contribution in [2.45, 2.75) is 45.1 Å². The molecule has 0 heterocycles. The van der Waals surface area contributed by atoms with Gasteiger partial charge >= 0.3 is 0 Å². The molecule has 1 aromatic rings. The Kier molecular flexibility index (Phi) is 7.59. The number of aromatic hydroxyl groups is 1. The van der Waals surface area contributed by atoms with E-state index < -0.39 is 0 Å². The number of hydrogen-bond donors (Lipinski definition) is 3. The highest BCUT2D eigenvalue weighted by molar-refractivity contribution is 7.98. The van der Waals surface area contributed by atoms with Crippen LogP contribution < -0.4 is 10.6 Å². The van der Waals surface area contributed by atoms with E-state index in [1.807, 2.05) is 17.8 Å². The molecule has 1 aromatic carbocycles. The Morgan fingerprint density at radius 2 is 2.04 bits per heavy atom. The van der Waals surface area contributed by atoms with Crippen LogP contribution in [-0.4, -0.2) is 36.7 Å². The van der Waals surface area contributed by atoms with Crippen molar-refractivity contribution in [1.82, 2.24) is 10.6 Å². The Bertz CT molecular complexity index is 531. The summed E-state index contributed by atoms with van der Waals surface area (Å²) in [6, 6.07) is 3.91. The molecule has 0 amide bonds. The lowest BCUT2D eigenvalue weighted by molar-refractivity contribution is 0.464. The molecule has 0 saturated heterocycles. The molecule has 0 aromatic heterocycles. The molecule has 23 heavy (non-hydrogen) atoms. The van der Waals surface area contributed by atoms with Gasteiger partial charge in [-0.25, -0.2) is 0 Å². The van der Waals surface area contributed by atoms with Crippen molar-refractivity contribution in [2.24, 2.45) is 4.99 Å². The highest BCUT2D eigenvalue weighted by atomic mass is 32.2. The van der Waals surface area contributed by atoms with Gasteiger partial charge in [0.2, 0.25) is 0 Å². The van der Waals surface area contributed by atoms with E-state index in [1.54, 1.807) is 7.05 Å². The van der Waals surface area contributed by atoms with Crippen LogP contribution >= 0.6 is 11.8 Å². The summed E-state index contributed by atoms with van der Waals surface area (Å²) in [5.74, 6) is 2.41. The zero-order valence-corrected chi connectivity index (χ0v) is 15.1. The predicted octanol–water partition coefficient (Wildman–Crippen LogP) is 3.08. The number of unbranched alkanes of at least 4 members (excludes halogenated alkanes) is 1. The van der Waals surface area contributed by atoms with Gasteiger partial charge in [0.05, 0.1) is 0 Å². The second kappa shape index (κ2) is 9.71. The highest BCUT2D eigenvalue weighted by Gasteiger charge is 2.16. The summed E-state index contributed by atoms with van der Waals surface area (Å²) in [6.07, 6.45) is 9.18. The molecule has 0 fully saturated rings. The van der Waals surface area contributed by atoms with Crippen molar-refractivity contribution in [3.05, 3.63) is 28.8 Å². The lowest BCUT2D eigenvalue weighted by atomic mass is 9.88. The molecular weight excluding hydrogens is 306 g/mol. The molecule has 4 nitrogen and oxygen atoms in total. The Hall–Kier alpha value is -1.36. The Labute approximate surface area is 144 Å². The van der Waals surface area contributed by atoms with E-state index in [-0.39, 0.29) is 0 Å². The lowest BCUT2D eigenvalue weighted by Crippen LogP contribution is -2.37. The molecule has 0 spiro atoms. The van der Waals surface area contributed by atoms with Crippen molar-refractivity contribution in [3.63, 3.8) is 0 Å². The summed E-state index contributed by atoms with van der Waals surface area (Å²) in [5.41, 5.74) is 3.76. The number of aliphatic imine (C=N–C) groups is 1. The van der Waals surface area contributed by atoms with Crippen molar-refractivity contribution >= 4 is 17.7 Å². The summed E-state index contributed by atoms with van der Waals surface area (Å²) in [7, 11) is 1.79. The molecule has 128 valence electrons. The summed E-state index contributed by atoms with van der Waals surface area (Å²) < 4.78 is 0. The lowest BCUT2D eigenvalue weighted by Gasteiger charge is -2.21. The number of benzene rings is 1. The third-order valence-electron chi connectivity index (χ3n) is 4.35. The van der Waals surface area contributed by atoms with Gasteiger partial charge in [0, 0.05) is 25.7 Å². The standard InChI is InChI=1S/C18H29N3OS/c1-19-18(20-11-5-6-12-23-2)21-13-16-15-8-4-3-7-14(15)9-10-17(16)22/h9-10,22H,3-8,11-13H2,1-2H3,(H2,19,20,21). The number of aryl methyl sites for hydroxylation is 1. The van der Waals surface area contributed by atoms with Crippen LogP contribution in [0.2, 0.25) is 0 Å². The van der Waals surface area contributed by atoms with E-state index in [2.05, 4.69) is 27.9 Å². The van der Waals surface area contributed by atoms with Gasteiger partial charge in [-0.05, 0) is 67.7 Å². The van der Waals surface area contributed by atoms with E-state index in [0.717, 1.165) is 37.3 Å². The van der Waals surface area contributed by atoms with Gasteiger partial charge < -0.3 is 15.7 Å². The predicted molar refractivity (Wildman–Crippen MR) is 101 cm³/mol. The van der Waals surface area contributed by atoms with Crippen LogP contribution in [0, 0.1) is 0 Å². The van der Waals surface area contributed by atoms with Crippen LogP contribution in [0.1, 0.15) is 42.4 Å². The molecule has 1 aliphatic rings. The van der Waals surface area contributed by atoms with Gasteiger partial charge in [-0.15, -0.1) is 0 Å². The maximum Gasteiger partial charge on any atom is 0.191 e. The van der Waals surface area contributed by atoms with E-state index in [1.165, 1.54) is 36.1 Å². The smallest absolute Gasteiger partial charge is 0.191 e. The fourth-order valence-electron chi connectivity index (χ4n) is 3.06. The molecule has 3 N–H and O–H groups in total. The SMILES string of the molecule is CN=C(NCCCCSC)NCc1c(O)ccc2c1CCCC2. The Morgan fingerprint density at radius 3 is 2.83 bits per heavy atom. The first-order chi connectivity index (χ1) is 11.3. The zero-order chi connectivity index (χ0) is 16.5. The number of thioether (sulfide) groups is 1. The van der Waals surface area contributed by atoms with E-state index >= 15 is 0 Å². The Morgan fingerprint density at radius 1 is 1.22 bits per heavy atom. The monoisotopic (exact) mass is 335 g/mol. The second-order valence-electron chi connectivity index (χ2n) is 5.96. The molecule has 0 saturated carbocycles. The summed E-state index contributed by atoms with van der Waals surface area (Å²) in [4.78, 5) is 4.27. The first-order valence-electron chi connectivity index (χ1n) is 8.52. The van der Waals surface area contributed by atoms with Crippen molar-refractivity contribution in [2.75, 3.05) is 25.6 Å². The minimum atomic E-state index is 0.397. The number of guanidine groups is 1. The number of hydrogen-bond acceptors (Lipinski definition) is 3. The van der Waals surface area contributed by atoms with Gasteiger partial charge in [0.15, 0.2) is 5.96 Å². The molecule has 0 atom stereocenters. The van der Waals surface area contributed by atoms with Crippen LogP contribution in [0.5, 0.6) is 5.75 Å². The van der Waals surface area contributed by atoms with Gasteiger partial charge in [0.1, 0.15) is 5.75 Å². The van der Waals surface area contributed by atoms with Crippen LogP contribution in [0.15, 0.2) is 17.1 Å². The maximum absolute atomic E-state index is 10.2. The third-order valence-corrected chi connectivity index (χ3v) is 5.05. The minimum absolute atomic E-state index is 0.397. The first kappa shape index (κ1) is 18.0. The molecule has 0 unspecified atom stereocenters. The average molecular weight is 336 g/mol. The van der Waals surface area contributed by atoms with Crippen molar-refractivity contribution in [1.29, 1.82) is 0 Å². The zero-order valence-electron chi connectivity index (χ0n) is 14.3. The molecule has 0 bridgehead atoms. The maximum atomic E-state index is 10.2. The summed E-state index contributed by atoms with van der Waals surface area (Å²) in [6.45, 7) is 1.55. The Balaban J connectivity index is 1.89. The van der Waals surface area contributed by atoms with E-state index in [0.29, 0.717) is 12.3 Å². The number of phenols is 1. The van der Waals surface area contributed by atoms with E-state index in [4.69, 9.17) is 0 Å². The van der Waals surface area contributed by atoms with Gasteiger partial charge in [-0.1, -0.05) is 6.07 Å². The normalized spacial score (nSPS) is 14.4. The molecule has 0 aliphatic heterocycles. The molecule has 0 radical (unpaired) electrons. The number of nitrogens with one attached hydrogen (secondary N) is 2. The van der Waals surface area contributed by atoms with Crippen LogP contribution in [-0.2, 0) is 19.4 Å². The average Bonchev–Trinajstić information content (AvgIpc) is 2.58. The molecule has 5 heteroatoms. The summed E-state index contributed by atoms with van der Waals surface area (Å²) >= 11 is 1.89. The third kappa shape index (κ3) is 5.34. The number of fused-ring (bicyclic) bond motifs is 1. The topological polar surface area (TPSA) is 56.7 Å². The van der Waals surface area contributed by atoms with Crippen LogP contribution in [0.4, 0.5) is 0 Å². The fraction of sp³-hybridized carbons (Fsp3) is 0.611. The number of rotatable bonds is 7. The van der Waals surface area contributed by atoms with E-state index in [9.17, 15) is 5.11 Å². The van der Waals surface area contributed by atoms with Crippen molar-refractivity contribution < 1.29 is 5.11 Å². The van der Waals surface area contributed by atoms with Crippen molar-refractivity contribution in [3.8, 4) is 5.75 Å². The van der Waals surface area contributed by atoms with Gasteiger partial charge in [-0.3, -0.25) is 4.99 Å². The highest BCUT2D eigenvalue weighted by Crippen LogP contribution is 2.30. The second-order valence-corrected chi connectivity index (χ2v) is 6.95. The number of phenolic OH excluding ortho intramolecular Hbond substituents is 1. The van der Waals surface area contributed by atoms with Gasteiger partial charge in [0.25, 0.3) is 0 Å². The quantitative estimate of drug-likeness (QED) is 0.407. The van der Waals surface area contributed by atoms with Gasteiger partial charge in [-0.2, -0.15) is 11.8 Å². The minimum Gasteiger partial charge on any atom is -0.508 e. The first-order valence-corrected chi connectivity index (χ1v) is 9.91. The summed E-state index contributed by atoms with van der Waals surface area (Å²) in [5, 5.41) is 16.9. The van der Waals surface area contributed by atoms with Crippen LogP contribution in [0.25, 0.3) is 0 Å². The molecule has 2 rings (SSSR count). The molecule has 1 aliphatic carbocycles. The fourth-order valence-corrected chi connectivity index (χ4v) is 3.55. The largest absolute Gasteiger partial charge is 0.508 e.